The van der Waals surface area contributed by atoms with Gasteiger partial charge in [0.25, 0.3) is 11.5 Å². The first-order valence-corrected chi connectivity index (χ1v) is 10.7. The maximum absolute atomic E-state index is 13.2. The van der Waals surface area contributed by atoms with Crippen LogP contribution in [0.25, 0.3) is 11.7 Å². The zero-order valence-corrected chi connectivity index (χ0v) is 18.2. The van der Waals surface area contributed by atoms with Crippen LogP contribution in [0.4, 0.5) is 0 Å². The molecule has 2 aromatic heterocycles. The molecule has 0 saturated carbocycles. The zero-order valence-electron chi connectivity index (χ0n) is 16.6. The summed E-state index contributed by atoms with van der Waals surface area (Å²) >= 11 is 3.37. The Labute approximate surface area is 187 Å². The van der Waals surface area contributed by atoms with Crippen molar-refractivity contribution >= 4 is 33.6 Å². The Kier molecular flexibility index (Phi) is 6.14. The molecule has 1 aliphatic heterocycles. The number of fused-ring (bicyclic) bond motifs is 1. The van der Waals surface area contributed by atoms with Gasteiger partial charge in [0.2, 0.25) is 5.88 Å². The molecule has 1 aromatic carbocycles. The second kappa shape index (κ2) is 9.14. The van der Waals surface area contributed by atoms with E-state index in [2.05, 4.69) is 20.9 Å². The second-order valence-corrected chi connectivity index (χ2v) is 8.06. The molecule has 8 heteroatoms. The van der Waals surface area contributed by atoms with E-state index >= 15 is 0 Å². The molecule has 1 amide bonds. The first kappa shape index (κ1) is 20.8. The number of pyridine rings is 1. The fraction of sp³-hybridized carbons (Fsp3) is 0.217. The van der Waals surface area contributed by atoms with Gasteiger partial charge < -0.3 is 9.64 Å². The summed E-state index contributed by atoms with van der Waals surface area (Å²) in [5, 5.41) is 9.66. The number of amides is 1. The van der Waals surface area contributed by atoms with Crippen LogP contribution in [-0.4, -0.2) is 33.3 Å². The highest BCUT2D eigenvalue weighted by Gasteiger charge is 2.22. The number of hydrogen-bond donors (Lipinski definition) is 0. The van der Waals surface area contributed by atoms with Gasteiger partial charge >= 0.3 is 0 Å². The summed E-state index contributed by atoms with van der Waals surface area (Å²) in [7, 11) is 0. The van der Waals surface area contributed by atoms with E-state index in [0.29, 0.717) is 24.5 Å². The van der Waals surface area contributed by atoms with Gasteiger partial charge in [0.1, 0.15) is 28.6 Å². The molecule has 1 aliphatic rings. The Balaban J connectivity index is 1.82. The molecule has 0 bridgehead atoms. The fourth-order valence-corrected chi connectivity index (χ4v) is 3.72. The number of hydrogen-bond acceptors (Lipinski definition) is 5. The summed E-state index contributed by atoms with van der Waals surface area (Å²) in [4.78, 5) is 32.2. The molecule has 1 saturated heterocycles. The highest BCUT2D eigenvalue weighted by molar-refractivity contribution is 9.10. The maximum Gasteiger partial charge on any atom is 0.269 e. The number of rotatable bonds is 4. The van der Waals surface area contributed by atoms with Gasteiger partial charge in [-0.25, -0.2) is 0 Å². The van der Waals surface area contributed by atoms with Gasteiger partial charge in [0.05, 0.1) is 0 Å². The highest BCUT2D eigenvalue weighted by atomic mass is 79.9. The topological polar surface area (TPSA) is 87.7 Å². The highest BCUT2D eigenvalue weighted by Crippen LogP contribution is 2.26. The molecule has 0 unspecified atom stereocenters. The molecule has 0 N–H and O–H groups in total. The molecule has 0 atom stereocenters. The minimum Gasteiger partial charge on any atom is -0.438 e. The monoisotopic (exact) mass is 478 g/mol. The van der Waals surface area contributed by atoms with E-state index in [1.54, 1.807) is 53.6 Å². The minimum absolute atomic E-state index is 0.0396. The van der Waals surface area contributed by atoms with Gasteiger partial charge in [-0.1, -0.05) is 22.0 Å². The Hall–Kier alpha value is -3.44. The van der Waals surface area contributed by atoms with Crippen molar-refractivity contribution in [2.45, 2.75) is 19.3 Å². The molecule has 3 aromatic rings. The van der Waals surface area contributed by atoms with Crippen molar-refractivity contribution in [2.24, 2.45) is 0 Å². The number of nitriles is 1. The summed E-state index contributed by atoms with van der Waals surface area (Å²) in [6.07, 6.45) is 5.76. The number of carbonyl (C=O) groups excluding carboxylic acids is 1. The molecular formula is C23H19BrN4O3. The number of ether oxygens (including phenoxy) is 1. The quantitative estimate of drug-likeness (QED) is 0.414. The van der Waals surface area contributed by atoms with E-state index in [-0.39, 0.29) is 22.9 Å². The number of likely N-dealkylation sites (tertiary alicyclic amines) is 1. The lowest BCUT2D eigenvalue weighted by atomic mass is 10.1. The van der Waals surface area contributed by atoms with Gasteiger partial charge in [-0.05, 0) is 61.7 Å². The lowest BCUT2D eigenvalue weighted by molar-refractivity contribution is -0.127. The van der Waals surface area contributed by atoms with Crippen LogP contribution in [0.2, 0.25) is 0 Å². The van der Waals surface area contributed by atoms with Gasteiger partial charge in [-0.3, -0.25) is 14.0 Å². The van der Waals surface area contributed by atoms with Crippen molar-refractivity contribution in [3.05, 3.63) is 74.6 Å². The number of aromatic nitrogens is 2. The zero-order chi connectivity index (χ0) is 21.8. The van der Waals surface area contributed by atoms with Crippen LogP contribution in [0.1, 0.15) is 24.8 Å². The minimum atomic E-state index is -0.420. The molecule has 1 fully saturated rings. The SMILES string of the molecule is N#C/C(=C\c1c(Oc2ccc(Br)cc2)nc2ccccn2c1=O)C(=O)N1CCCCC1. The predicted molar refractivity (Wildman–Crippen MR) is 120 cm³/mol. The molecular weight excluding hydrogens is 460 g/mol. The van der Waals surface area contributed by atoms with Crippen molar-refractivity contribution in [2.75, 3.05) is 13.1 Å². The molecule has 4 rings (SSSR count). The third-order valence-corrected chi connectivity index (χ3v) is 5.57. The number of piperidine rings is 1. The molecule has 156 valence electrons. The third kappa shape index (κ3) is 4.52. The Morgan fingerprint density at radius 2 is 1.87 bits per heavy atom. The first-order valence-electron chi connectivity index (χ1n) is 9.93. The summed E-state index contributed by atoms with van der Waals surface area (Å²) in [6.45, 7) is 1.21. The number of carbonyl (C=O) groups is 1. The average Bonchev–Trinajstić information content (AvgIpc) is 2.81. The van der Waals surface area contributed by atoms with Crippen molar-refractivity contribution < 1.29 is 9.53 Å². The third-order valence-electron chi connectivity index (χ3n) is 5.05. The van der Waals surface area contributed by atoms with E-state index in [4.69, 9.17) is 4.74 Å². The standard InChI is InChI=1S/C23H19BrN4O3/c24-17-7-9-18(10-8-17)31-21-19(23(30)28-13-5-2-6-20(28)26-21)14-16(15-25)22(29)27-11-3-1-4-12-27/h2,5-10,13-14H,1,3-4,11-12H2/b16-14+. The van der Waals surface area contributed by atoms with E-state index < -0.39 is 5.56 Å². The number of halogens is 1. The van der Waals surface area contributed by atoms with Crippen molar-refractivity contribution in [1.82, 2.24) is 14.3 Å². The number of nitrogens with zero attached hydrogens (tertiary/aromatic N) is 4. The van der Waals surface area contributed by atoms with Crippen molar-refractivity contribution in [1.29, 1.82) is 5.26 Å². The van der Waals surface area contributed by atoms with Gasteiger partial charge in [0.15, 0.2) is 0 Å². The lowest BCUT2D eigenvalue weighted by Gasteiger charge is -2.26. The normalized spacial score (nSPS) is 14.3. The summed E-state index contributed by atoms with van der Waals surface area (Å²) < 4.78 is 8.14. The Bertz CT molecular complexity index is 1250. The Morgan fingerprint density at radius 1 is 1.13 bits per heavy atom. The van der Waals surface area contributed by atoms with Crippen molar-refractivity contribution in [3.63, 3.8) is 0 Å². The summed E-state index contributed by atoms with van der Waals surface area (Å²) in [6, 6.07) is 14.2. The maximum atomic E-state index is 13.2. The van der Waals surface area contributed by atoms with Gasteiger partial charge in [0, 0.05) is 23.8 Å². The van der Waals surface area contributed by atoms with Crippen molar-refractivity contribution in [3.8, 4) is 17.7 Å². The molecule has 0 radical (unpaired) electrons. The van der Waals surface area contributed by atoms with Crippen LogP contribution < -0.4 is 10.3 Å². The van der Waals surface area contributed by atoms with Crippen LogP contribution in [0.3, 0.4) is 0 Å². The van der Waals surface area contributed by atoms with E-state index in [1.807, 2.05) is 6.07 Å². The average molecular weight is 479 g/mol. The predicted octanol–water partition coefficient (Wildman–Crippen LogP) is 4.17. The smallest absolute Gasteiger partial charge is 0.269 e. The fourth-order valence-electron chi connectivity index (χ4n) is 3.45. The van der Waals surface area contributed by atoms with Crippen LogP contribution in [-0.2, 0) is 4.79 Å². The van der Waals surface area contributed by atoms with Crippen LogP contribution in [0.15, 0.2) is 63.5 Å². The van der Waals surface area contributed by atoms with E-state index in [9.17, 15) is 14.9 Å². The Morgan fingerprint density at radius 3 is 2.58 bits per heavy atom. The van der Waals surface area contributed by atoms with Gasteiger partial charge in [-0.2, -0.15) is 10.2 Å². The van der Waals surface area contributed by atoms with E-state index in [1.165, 1.54) is 10.5 Å². The molecule has 0 aliphatic carbocycles. The summed E-state index contributed by atoms with van der Waals surface area (Å²) in [5.41, 5.74) is -0.0830. The van der Waals surface area contributed by atoms with Gasteiger partial charge in [-0.15, -0.1) is 0 Å². The molecule has 7 nitrogen and oxygen atoms in total. The number of benzene rings is 1. The molecule has 0 spiro atoms. The van der Waals surface area contributed by atoms with Crippen LogP contribution in [0, 0.1) is 11.3 Å². The van der Waals surface area contributed by atoms with E-state index in [0.717, 1.165) is 23.7 Å². The molecule has 31 heavy (non-hydrogen) atoms. The van der Waals surface area contributed by atoms with Crippen LogP contribution >= 0.6 is 15.9 Å². The summed E-state index contributed by atoms with van der Waals surface area (Å²) in [5.74, 6) is 0.137. The largest absolute Gasteiger partial charge is 0.438 e. The lowest BCUT2D eigenvalue weighted by Crippen LogP contribution is -2.36. The molecule has 3 heterocycles. The second-order valence-electron chi connectivity index (χ2n) is 7.14. The van der Waals surface area contributed by atoms with Crippen LogP contribution in [0.5, 0.6) is 11.6 Å². The first-order chi connectivity index (χ1) is 15.1.